The van der Waals surface area contributed by atoms with Crippen LogP contribution >= 0.6 is 0 Å². The second-order valence-electron chi connectivity index (χ2n) is 3.32. The number of hydrogen-bond acceptors (Lipinski definition) is 2. The van der Waals surface area contributed by atoms with Gasteiger partial charge in [0.05, 0.1) is 6.07 Å². The Balaban J connectivity index is 2.50. The fourth-order valence-corrected chi connectivity index (χ4v) is 1.06. The van der Waals surface area contributed by atoms with Crippen molar-refractivity contribution in [3.05, 3.63) is 72.3 Å². The molecule has 2 nitrogen and oxygen atoms in total. The molecule has 0 amide bonds. The minimum Gasteiger partial charge on any atom is -0.489 e. The molecule has 3 heteroatoms. The molecule has 0 aromatic heterocycles. The molecule has 0 spiro atoms. The zero-order valence-electron chi connectivity index (χ0n) is 9.32. The summed E-state index contributed by atoms with van der Waals surface area (Å²) >= 11 is 0. The van der Waals surface area contributed by atoms with E-state index in [1.165, 1.54) is 18.2 Å². The minimum atomic E-state index is -0.314. The monoisotopic (exact) mass is 229 g/mol. The van der Waals surface area contributed by atoms with Crippen LogP contribution in [0.1, 0.15) is 5.56 Å². The highest BCUT2D eigenvalue weighted by molar-refractivity contribution is 5.32. The van der Waals surface area contributed by atoms with Crippen LogP contribution in [0.4, 0.5) is 4.39 Å². The molecule has 0 fully saturated rings. The van der Waals surface area contributed by atoms with Crippen molar-refractivity contribution in [3.8, 4) is 6.07 Å². The van der Waals surface area contributed by atoms with Crippen molar-refractivity contribution in [1.82, 2.24) is 0 Å². The summed E-state index contributed by atoms with van der Waals surface area (Å²) in [6.45, 7) is 7.20. The van der Waals surface area contributed by atoms with Crippen molar-refractivity contribution in [1.29, 1.82) is 5.26 Å². The van der Waals surface area contributed by atoms with Crippen molar-refractivity contribution in [3.63, 3.8) is 0 Å². The molecule has 1 aromatic carbocycles. The van der Waals surface area contributed by atoms with Gasteiger partial charge in [0, 0.05) is 11.1 Å². The van der Waals surface area contributed by atoms with Crippen LogP contribution in [-0.4, -0.2) is 0 Å². The second kappa shape index (κ2) is 6.29. The maximum atomic E-state index is 13.2. The molecular formula is C14H12FNO. The lowest BCUT2D eigenvalue weighted by Crippen LogP contribution is -1.94. The van der Waals surface area contributed by atoms with Gasteiger partial charge in [0.25, 0.3) is 0 Å². The molecule has 0 atom stereocenters. The largest absolute Gasteiger partial charge is 0.489 e. The summed E-state index contributed by atoms with van der Waals surface area (Å²) in [5, 5.41) is 8.47. The summed E-state index contributed by atoms with van der Waals surface area (Å²) < 4.78 is 18.5. The molecule has 0 saturated carbocycles. The van der Waals surface area contributed by atoms with Crippen molar-refractivity contribution in [2.24, 2.45) is 0 Å². The van der Waals surface area contributed by atoms with Gasteiger partial charge in [0.2, 0.25) is 0 Å². The highest BCUT2D eigenvalue weighted by Crippen LogP contribution is 2.10. The Bertz CT molecular complexity index is 497. The van der Waals surface area contributed by atoms with Crippen molar-refractivity contribution >= 4 is 0 Å². The minimum absolute atomic E-state index is 0.106. The molecule has 0 heterocycles. The van der Waals surface area contributed by atoms with Gasteiger partial charge < -0.3 is 4.74 Å². The molecule has 0 saturated heterocycles. The van der Waals surface area contributed by atoms with Gasteiger partial charge in [0.15, 0.2) is 0 Å². The van der Waals surface area contributed by atoms with Crippen LogP contribution in [0.2, 0.25) is 0 Å². The summed E-state index contributed by atoms with van der Waals surface area (Å²) in [6, 6.07) is 8.22. The first-order valence-electron chi connectivity index (χ1n) is 4.95. The van der Waals surface area contributed by atoms with E-state index in [2.05, 4.69) is 13.2 Å². The van der Waals surface area contributed by atoms with Gasteiger partial charge in [-0.05, 0) is 18.2 Å². The van der Waals surface area contributed by atoms with Crippen molar-refractivity contribution in [2.45, 2.75) is 6.61 Å². The average molecular weight is 229 g/mol. The standard InChI is InChI=1S/C14H12FNO/c1-11(9-16)7-8-12(2)17-10-13-5-3-4-6-14(13)15/h3-8H,1-2,10H2/b8-7-. The zero-order valence-corrected chi connectivity index (χ0v) is 9.32. The van der Waals surface area contributed by atoms with Crippen LogP contribution in [0, 0.1) is 17.1 Å². The Labute approximate surface area is 100.0 Å². The van der Waals surface area contributed by atoms with Gasteiger partial charge in [-0.25, -0.2) is 4.39 Å². The van der Waals surface area contributed by atoms with E-state index in [4.69, 9.17) is 10.00 Å². The van der Waals surface area contributed by atoms with E-state index in [0.717, 1.165) is 0 Å². The van der Waals surface area contributed by atoms with E-state index in [1.54, 1.807) is 18.2 Å². The summed E-state index contributed by atoms with van der Waals surface area (Å²) in [5.74, 6) is 0.0374. The van der Waals surface area contributed by atoms with E-state index < -0.39 is 0 Å². The summed E-state index contributed by atoms with van der Waals surface area (Å²) in [4.78, 5) is 0. The van der Waals surface area contributed by atoms with Crippen LogP contribution in [0.25, 0.3) is 0 Å². The average Bonchev–Trinajstić information content (AvgIpc) is 2.35. The van der Waals surface area contributed by atoms with Gasteiger partial charge >= 0.3 is 0 Å². The predicted octanol–water partition coefficient (Wildman–Crippen LogP) is 3.49. The van der Waals surface area contributed by atoms with E-state index >= 15 is 0 Å². The molecule has 0 radical (unpaired) electrons. The Morgan fingerprint density at radius 1 is 1.35 bits per heavy atom. The van der Waals surface area contributed by atoms with Crippen LogP contribution < -0.4 is 0 Å². The lowest BCUT2D eigenvalue weighted by molar-refractivity contribution is 0.208. The number of benzene rings is 1. The van der Waals surface area contributed by atoms with Crippen LogP contribution in [-0.2, 0) is 11.3 Å². The summed E-state index contributed by atoms with van der Waals surface area (Å²) in [6.07, 6.45) is 3.01. The quantitative estimate of drug-likeness (QED) is 0.440. The topological polar surface area (TPSA) is 33.0 Å². The van der Waals surface area contributed by atoms with Gasteiger partial charge in [-0.1, -0.05) is 31.4 Å². The molecule has 1 rings (SSSR count). The van der Waals surface area contributed by atoms with E-state index in [-0.39, 0.29) is 12.4 Å². The molecular weight excluding hydrogens is 217 g/mol. The Morgan fingerprint density at radius 2 is 2.06 bits per heavy atom. The summed E-state index contributed by atoms with van der Waals surface area (Å²) in [7, 11) is 0. The van der Waals surface area contributed by atoms with Crippen molar-refractivity contribution < 1.29 is 9.13 Å². The Kier molecular flexibility index (Phi) is 4.71. The van der Waals surface area contributed by atoms with Crippen LogP contribution in [0.15, 0.2) is 60.9 Å². The molecule has 17 heavy (non-hydrogen) atoms. The third kappa shape index (κ3) is 4.35. The Morgan fingerprint density at radius 3 is 2.71 bits per heavy atom. The first-order chi connectivity index (χ1) is 8.13. The number of nitrogens with zero attached hydrogens (tertiary/aromatic N) is 1. The van der Waals surface area contributed by atoms with E-state index in [9.17, 15) is 4.39 Å². The molecule has 0 aliphatic carbocycles. The smallest absolute Gasteiger partial charge is 0.129 e. The number of hydrogen-bond donors (Lipinski definition) is 0. The van der Waals surface area contributed by atoms with E-state index in [0.29, 0.717) is 16.9 Å². The second-order valence-corrected chi connectivity index (χ2v) is 3.32. The van der Waals surface area contributed by atoms with Gasteiger partial charge in [-0.3, -0.25) is 0 Å². The number of rotatable bonds is 5. The number of nitriles is 1. The number of allylic oxidation sites excluding steroid dienone is 3. The van der Waals surface area contributed by atoms with Crippen LogP contribution in [0.3, 0.4) is 0 Å². The third-order valence-electron chi connectivity index (χ3n) is 1.98. The molecule has 0 aliphatic rings. The first kappa shape index (κ1) is 12.7. The molecule has 1 aromatic rings. The summed E-state index contributed by atoms with van der Waals surface area (Å²) in [5.41, 5.74) is 0.766. The molecule has 86 valence electrons. The van der Waals surface area contributed by atoms with Gasteiger partial charge in [-0.15, -0.1) is 0 Å². The van der Waals surface area contributed by atoms with Gasteiger partial charge in [0.1, 0.15) is 18.2 Å². The highest BCUT2D eigenvalue weighted by Gasteiger charge is 2.00. The normalized spacial score (nSPS) is 9.88. The van der Waals surface area contributed by atoms with Gasteiger partial charge in [-0.2, -0.15) is 5.26 Å². The molecule has 0 aliphatic heterocycles. The van der Waals surface area contributed by atoms with Crippen molar-refractivity contribution in [2.75, 3.05) is 0 Å². The predicted molar refractivity (Wildman–Crippen MR) is 64.2 cm³/mol. The zero-order chi connectivity index (χ0) is 12.7. The molecule has 0 unspecified atom stereocenters. The lowest BCUT2D eigenvalue weighted by Gasteiger charge is -2.06. The molecule has 0 bridgehead atoms. The highest BCUT2D eigenvalue weighted by atomic mass is 19.1. The lowest BCUT2D eigenvalue weighted by atomic mass is 10.2. The molecule has 0 N–H and O–H groups in total. The number of ether oxygens (including phenoxy) is 1. The van der Waals surface area contributed by atoms with Crippen LogP contribution in [0.5, 0.6) is 0 Å². The maximum Gasteiger partial charge on any atom is 0.129 e. The Hall–Kier alpha value is -2.34. The number of halogens is 1. The third-order valence-corrected chi connectivity index (χ3v) is 1.98. The maximum absolute atomic E-state index is 13.2. The fourth-order valence-electron chi connectivity index (χ4n) is 1.06. The fraction of sp³-hybridized carbons (Fsp3) is 0.0714. The SMILES string of the molecule is C=C(C#N)/C=C\C(=C)OCc1ccccc1F. The van der Waals surface area contributed by atoms with E-state index in [1.807, 2.05) is 6.07 Å². The first-order valence-corrected chi connectivity index (χ1v) is 4.95.